The Bertz CT molecular complexity index is 650. The summed E-state index contributed by atoms with van der Waals surface area (Å²) >= 11 is 0. The molecule has 24 heavy (non-hydrogen) atoms. The first-order valence-corrected chi connectivity index (χ1v) is 10.1. The van der Waals surface area contributed by atoms with Crippen molar-refractivity contribution >= 4 is 21.6 Å². The molecule has 6 nitrogen and oxygen atoms in total. The van der Waals surface area contributed by atoms with E-state index in [1.807, 2.05) is 12.1 Å². The molecule has 1 aromatic rings. The third-order valence-electron chi connectivity index (χ3n) is 4.08. The summed E-state index contributed by atoms with van der Waals surface area (Å²) in [7, 11) is -3.42. The molecule has 1 heterocycles. The number of hydrogen-bond donors (Lipinski definition) is 1. The van der Waals surface area contributed by atoms with E-state index < -0.39 is 16.1 Å². The summed E-state index contributed by atoms with van der Waals surface area (Å²) in [6.45, 7) is 5.22. The van der Waals surface area contributed by atoms with Gasteiger partial charge >= 0.3 is 0 Å². The first kappa shape index (κ1) is 18.7. The Balaban J connectivity index is 1.99. The fourth-order valence-electron chi connectivity index (χ4n) is 2.69. The maximum atomic E-state index is 12.1. The van der Waals surface area contributed by atoms with Gasteiger partial charge in [0.15, 0.2) is 0 Å². The van der Waals surface area contributed by atoms with Gasteiger partial charge in [0.1, 0.15) is 6.10 Å². The summed E-state index contributed by atoms with van der Waals surface area (Å²) in [5.74, 6) is 0.215. The van der Waals surface area contributed by atoms with E-state index in [2.05, 4.69) is 19.2 Å². The Hall–Kier alpha value is -1.60. The number of amides is 1. The van der Waals surface area contributed by atoms with Gasteiger partial charge in [0.2, 0.25) is 15.9 Å². The Kier molecular flexibility index (Phi) is 6.23. The van der Waals surface area contributed by atoms with Crippen molar-refractivity contribution in [1.29, 1.82) is 0 Å². The molecule has 0 radical (unpaired) electrons. The Labute approximate surface area is 144 Å². The van der Waals surface area contributed by atoms with Crippen LogP contribution in [0.3, 0.4) is 0 Å². The SMILES string of the molecule is CC(C)c1ccc(N(CCNC(=O)C2CCCO2)S(C)(=O)=O)cc1. The largest absolute Gasteiger partial charge is 0.368 e. The molecule has 0 saturated carbocycles. The van der Waals surface area contributed by atoms with Crippen molar-refractivity contribution in [3.05, 3.63) is 29.8 Å². The van der Waals surface area contributed by atoms with E-state index in [-0.39, 0.29) is 19.0 Å². The van der Waals surface area contributed by atoms with Gasteiger partial charge in [-0.2, -0.15) is 0 Å². The van der Waals surface area contributed by atoms with Gasteiger partial charge in [-0.3, -0.25) is 9.10 Å². The summed E-state index contributed by atoms with van der Waals surface area (Å²) in [5.41, 5.74) is 1.76. The van der Waals surface area contributed by atoms with Crippen LogP contribution in [0.2, 0.25) is 0 Å². The summed E-state index contributed by atoms with van der Waals surface area (Å²) in [4.78, 5) is 11.9. The predicted octanol–water partition coefficient (Wildman–Crippen LogP) is 1.87. The predicted molar refractivity (Wildman–Crippen MR) is 94.7 cm³/mol. The Morgan fingerprint density at radius 1 is 1.33 bits per heavy atom. The molecule has 1 aromatic carbocycles. The highest BCUT2D eigenvalue weighted by Crippen LogP contribution is 2.21. The summed E-state index contributed by atoms with van der Waals surface area (Å²) in [5, 5.41) is 2.76. The van der Waals surface area contributed by atoms with Crippen LogP contribution in [0.25, 0.3) is 0 Å². The third kappa shape index (κ3) is 4.95. The molecule has 134 valence electrons. The molecule has 0 aromatic heterocycles. The van der Waals surface area contributed by atoms with Crippen LogP contribution in [-0.4, -0.2) is 46.4 Å². The van der Waals surface area contributed by atoms with E-state index >= 15 is 0 Å². The van der Waals surface area contributed by atoms with Crippen LogP contribution in [0.5, 0.6) is 0 Å². The van der Waals surface area contributed by atoms with Crippen LogP contribution < -0.4 is 9.62 Å². The monoisotopic (exact) mass is 354 g/mol. The van der Waals surface area contributed by atoms with Crippen molar-refractivity contribution < 1.29 is 17.9 Å². The molecule has 0 aliphatic carbocycles. The first-order chi connectivity index (χ1) is 11.3. The van der Waals surface area contributed by atoms with E-state index in [4.69, 9.17) is 4.74 Å². The van der Waals surface area contributed by atoms with E-state index in [9.17, 15) is 13.2 Å². The van der Waals surface area contributed by atoms with Crippen LogP contribution >= 0.6 is 0 Å². The lowest BCUT2D eigenvalue weighted by Gasteiger charge is -2.23. The third-order valence-corrected chi connectivity index (χ3v) is 5.28. The van der Waals surface area contributed by atoms with E-state index in [1.165, 1.54) is 10.6 Å². The van der Waals surface area contributed by atoms with Crippen LogP contribution in [0, 0.1) is 0 Å². The van der Waals surface area contributed by atoms with Crippen molar-refractivity contribution in [2.24, 2.45) is 0 Å². The van der Waals surface area contributed by atoms with Gasteiger partial charge in [0, 0.05) is 13.2 Å². The van der Waals surface area contributed by atoms with Gasteiger partial charge in [-0.15, -0.1) is 0 Å². The molecule has 1 amide bonds. The summed E-state index contributed by atoms with van der Waals surface area (Å²) < 4.78 is 30.8. The van der Waals surface area contributed by atoms with Gasteiger partial charge in [0.25, 0.3) is 0 Å². The van der Waals surface area contributed by atoms with Gasteiger partial charge in [0.05, 0.1) is 18.5 Å². The molecule has 0 bridgehead atoms. The van der Waals surface area contributed by atoms with Crippen LogP contribution in [0.15, 0.2) is 24.3 Å². The second-order valence-electron chi connectivity index (χ2n) is 6.37. The fourth-order valence-corrected chi connectivity index (χ4v) is 3.62. The summed E-state index contributed by atoms with van der Waals surface area (Å²) in [6, 6.07) is 7.48. The number of hydrogen-bond acceptors (Lipinski definition) is 4. The fraction of sp³-hybridized carbons (Fsp3) is 0.588. The van der Waals surface area contributed by atoms with Gasteiger partial charge in [-0.25, -0.2) is 8.42 Å². The number of rotatable bonds is 7. The minimum absolute atomic E-state index is 0.170. The molecule has 2 rings (SSSR count). The van der Waals surface area contributed by atoms with E-state index in [0.717, 1.165) is 18.4 Å². The maximum Gasteiger partial charge on any atom is 0.249 e. The number of benzene rings is 1. The molecule has 0 spiro atoms. The van der Waals surface area contributed by atoms with Crippen LogP contribution in [0.1, 0.15) is 38.2 Å². The maximum absolute atomic E-state index is 12.1. The normalized spacial score (nSPS) is 17.9. The number of ether oxygens (including phenoxy) is 1. The van der Waals surface area contributed by atoms with Crippen molar-refractivity contribution in [3.8, 4) is 0 Å². The smallest absolute Gasteiger partial charge is 0.249 e. The van der Waals surface area contributed by atoms with Gasteiger partial charge in [-0.05, 0) is 36.5 Å². The van der Waals surface area contributed by atoms with Gasteiger partial charge < -0.3 is 10.1 Å². The topological polar surface area (TPSA) is 75.7 Å². The molecule has 1 aliphatic heterocycles. The second-order valence-corrected chi connectivity index (χ2v) is 8.28. The Morgan fingerprint density at radius 3 is 2.50 bits per heavy atom. The quantitative estimate of drug-likeness (QED) is 0.811. The zero-order valence-electron chi connectivity index (χ0n) is 14.5. The molecule has 1 saturated heterocycles. The lowest BCUT2D eigenvalue weighted by Crippen LogP contribution is -2.41. The lowest BCUT2D eigenvalue weighted by molar-refractivity contribution is -0.129. The minimum Gasteiger partial charge on any atom is -0.368 e. The number of carbonyl (C=O) groups excluding carboxylic acids is 1. The van der Waals surface area contributed by atoms with Crippen LogP contribution in [-0.2, 0) is 19.6 Å². The highest BCUT2D eigenvalue weighted by molar-refractivity contribution is 7.92. The number of nitrogens with one attached hydrogen (secondary N) is 1. The number of anilines is 1. The second kappa shape index (κ2) is 7.98. The molecule has 1 fully saturated rings. The van der Waals surface area contributed by atoms with E-state index in [0.29, 0.717) is 18.2 Å². The average molecular weight is 354 g/mol. The van der Waals surface area contributed by atoms with Crippen molar-refractivity contribution in [3.63, 3.8) is 0 Å². The molecule has 1 unspecified atom stereocenters. The number of carbonyl (C=O) groups is 1. The molecule has 7 heteroatoms. The summed E-state index contributed by atoms with van der Waals surface area (Å²) in [6.07, 6.45) is 2.38. The van der Waals surface area contributed by atoms with Crippen molar-refractivity contribution in [2.75, 3.05) is 30.3 Å². The van der Waals surface area contributed by atoms with E-state index in [1.54, 1.807) is 12.1 Å². The standard InChI is InChI=1S/C17H26N2O4S/c1-13(2)14-6-8-15(9-7-14)19(24(3,21)22)11-10-18-17(20)16-5-4-12-23-16/h6-9,13,16H,4-5,10-12H2,1-3H3,(H,18,20). The molecular formula is C17H26N2O4S. The Morgan fingerprint density at radius 2 is 2.00 bits per heavy atom. The van der Waals surface area contributed by atoms with Crippen LogP contribution in [0.4, 0.5) is 5.69 Å². The molecule has 1 atom stereocenters. The average Bonchev–Trinajstić information content (AvgIpc) is 3.04. The highest BCUT2D eigenvalue weighted by atomic mass is 32.2. The molecule has 1 aliphatic rings. The minimum atomic E-state index is -3.42. The van der Waals surface area contributed by atoms with Crippen molar-refractivity contribution in [1.82, 2.24) is 5.32 Å². The highest BCUT2D eigenvalue weighted by Gasteiger charge is 2.24. The first-order valence-electron chi connectivity index (χ1n) is 8.26. The molecule has 1 N–H and O–H groups in total. The lowest BCUT2D eigenvalue weighted by atomic mass is 10.0. The van der Waals surface area contributed by atoms with Gasteiger partial charge in [-0.1, -0.05) is 26.0 Å². The molecular weight excluding hydrogens is 328 g/mol. The number of sulfonamides is 1. The zero-order chi connectivity index (χ0) is 17.7. The van der Waals surface area contributed by atoms with Crippen molar-refractivity contribution in [2.45, 2.75) is 38.7 Å². The zero-order valence-corrected chi connectivity index (χ0v) is 15.3. The number of nitrogens with zero attached hydrogens (tertiary/aromatic N) is 1.